The van der Waals surface area contributed by atoms with Gasteiger partial charge in [0.2, 0.25) is 0 Å². The molecule has 1 aromatic rings. The Morgan fingerprint density at radius 2 is 1.36 bits per heavy atom. The number of phenolic OH excluding ortho intramolecular Hbond substituents is 1. The normalized spacial score (nSPS) is 9.00. The van der Waals surface area contributed by atoms with Crippen molar-refractivity contribution in [2.75, 3.05) is 0 Å². The summed E-state index contributed by atoms with van der Waals surface area (Å²) in [6, 6.07) is 3.95. The van der Waals surface area contributed by atoms with Gasteiger partial charge in [-0.25, -0.2) is 0 Å². The SMILES string of the molecule is Cc1cc(C)c(O)c(C)c1.[Hg]. The van der Waals surface area contributed by atoms with E-state index in [1.807, 2.05) is 32.9 Å². The number of rotatable bonds is 0. The van der Waals surface area contributed by atoms with Crippen LogP contribution in [0.1, 0.15) is 16.7 Å². The Morgan fingerprint density at radius 1 is 1.00 bits per heavy atom. The van der Waals surface area contributed by atoms with Gasteiger partial charge < -0.3 is 5.11 Å². The van der Waals surface area contributed by atoms with E-state index in [-0.39, 0.29) is 27.7 Å². The molecule has 0 radical (unpaired) electrons. The fourth-order valence-corrected chi connectivity index (χ4v) is 1.17. The van der Waals surface area contributed by atoms with E-state index in [1.165, 1.54) is 5.56 Å². The van der Waals surface area contributed by atoms with Crippen LogP contribution in [-0.2, 0) is 27.7 Å². The Hall–Kier alpha value is -0.0449. The van der Waals surface area contributed by atoms with Crippen LogP contribution in [0.25, 0.3) is 0 Å². The molecule has 0 aromatic heterocycles. The third-order valence-corrected chi connectivity index (χ3v) is 1.64. The maximum Gasteiger partial charge on any atom is 0.121 e. The Morgan fingerprint density at radius 3 is 1.73 bits per heavy atom. The molecule has 0 fully saturated rings. The molecule has 0 unspecified atom stereocenters. The van der Waals surface area contributed by atoms with Crippen molar-refractivity contribution in [2.24, 2.45) is 0 Å². The van der Waals surface area contributed by atoms with E-state index < -0.39 is 0 Å². The van der Waals surface area contributed by atoms with E-state index in [0.717, 1.165) is 11.1 Å². The number of benzene rings is 1. The number of aromatic hydroxyl groups is 1. The second kappa shape index (κ2) is 4.10. The van der Waals surface area contributed by atoms with Gasteiger partial charge in [0, 0.05) is 27.7 Å². The van der Waals surface area contributed by atoms with E-state index in [2.05, 4.69) is 0 Å². The molecule has 2 heteroatoms. The molecule has 1 aromatic carbocycles. The van der Waals surface area contributed by atoms with Crippen LogP contribution in [0.2, 0.25) is 0 Å². The molecular formula is C9H12HgO. The first-order valence-corrected chi connectivity index (χ1v) is 3.38. The van der Waals surface area contributed by atoms with Crippen LogP contribution >= 0.6 is 0 Å². The predicted molar refractivity (Wildman–Crippen MR) is 42.3 cm³/mol. The van der Waals surface area contributed by atoms with E-state index in [4.69, 9.17) is 0 Å². The Kier molecular flexibility index (Phi) is 4.08. The monoisotopic (exact) mass is 338 g/mol. The zero-order valence-corrected chi connectivity index (χ0v) is 12.8. The standard InChI is InChI=1S/C9H12O.Hg/c1-6-4-7(2)9(10)8(3)5-6;/h4-5,10H,1-3H3;. The molecule has 11 heavy (non-hydrogen) atoms. The molecular weight excluding hydrogens is 325 g/mol. The molecule has 1 nitrogen and oxygen atoms in total. The first-order chi connectivity index (χ1) is 4.61. The van der Waals surface area contributed by atoms with Gasteiger partial charge in [0.25, 0.3) is 0 Å². The summed E-state index contributed by atoms with van der Waals surface area (Å²) in [5, 5.41) is 9.33. The quantitative estimate of drug-likeness (QED) is 0.721. The Labute approximate surface area is 88.0 Å². The van der Waals surface area contributed by atoms with Gasteiger partial charge in [0.15, 0.2) is 0 Å². The molecule has 0 spiro atoms. The van der Waals surface area contributed by atoms with Gasteiger partial charge in [0.1, 0.15) is 5.75 Å². The number of hydrogen-bond donors (Lipinski definition) is 1. The van der Waals surface area contributed by atoms with Crippen LogP contribution in [0, 0.1) is 20.8 Å². The molecule has 0 aliphatic carbocycles. The van der Waals surface area contributed by atoms with Gasteiger partial charge >= 0.3 is 0 Å². The van der Waals surface area contributed by atoms with Crippen LogP contribution in [0.15, 0.2) is 12.1 Å². The molecule has 0 aliphatic heterocycles. The molecule has 0 saturated carbocycles. The minimum absolute atomic E-state index is 0. The first kappa shape index (κ1) is 11.0. The van der Waals surface area contributed by atoms with Gasteiger partial charge in [-0.1, -0.05) is 17.7 Å². The van der Waals surface area contributed by atoms with Crippen molar-refractivity contribution >= 4 is 0 Å². The molecule has 1 rings (SSSR count). The van der Waals surface area contributed by atoms with Gasteiger partial charge in [-0.3, -0.25) is 0 Å². The fraction of sp³-hybridized carbons (Fsp3) is 0.333. The van der Waals surface area contributed by atoms with Crippen molar-refractivity contribution in [3.8, 4) is 5.75 Å². The topological polar surface area (TPSA) is 20.2 Å². The second-order valence-corrected chi connectivity index (χ2v) is 2.75. The summed E-state index contributed by atoms with van der Waals surface area (Å²) >= 11 is 0. The number of aryl methyl sites for hydroxylation is 3. The summed E-state index contributed by atoms with van der Waals surface area (Å²) < 4.78 is 0. The molecule has 0 bridgehead atoms. The van der Waals surface area contributed by atoms with E-state index >= 15 is 0 Å². The molecule has 1 N–H and O–H groups in total. The summed E-state index contributed by atoms with van der Waals surface area (Å²) in [5.41, 5.74) is 3.11. The summed E-state index contributed by atoms with van der Waals surface area (Å²) in [6.07, 6.45) is 0. The van der Waals surface area contributed by atoms with Crippen molar-refractivity contribution in [3.63, 3.8) is 0 Å². The van der Waals surface area contributed by atoms with Gasteiger partial charge in [-0.2, -0.15) is 0 Å². The van der Waals surface area contributed by atoms with E-state index in [9.17, 15) is 5.11 Å². The van der Waals surface area contributed by atoms with Crippen molar-refractivity contribution in [1.29, 1.82) is 0 Å². The zero-order chi connectivity index (χ0) is 7.72. The van der Waals surface area contributed by atoms with E-state index in [1.54, 1.807) is 0 Å². The first-order valence-electron chi connectivity index (χ1n) is 3.38. The van der Waals surface area contributed by atoms with Crippen LogP contribution < -0.4 is 0 Å². The van der Waals surface area contributed by atoms with Gasteiger partial charge in [-0.15, -0.1) is 0 Å². The second-order valence-electron chi connectivity index (χ2n) is 2.75. The third kappa shape index (κ3) is 2.47. The zero-order valence-electron chi connectivity index (χ0n) is 7.31. The average Bonchev–Trinajstić information content (AvgIpc) is 1.82. The maximum absolute atomic E-state index is 9.33. The molecule has 0 aliphatic rings. The van der Waals surface area contributed by atoms with Crippen molar-refractivity contribution in [1.82, 2.24) is 0 Å². The van der Waals surface area contributed by atoms with Crippen molar-refractivity contribution in [3.05, 3.63) is 28.8 Å². The smallest absolute Gasteiger partial charge is 0.121 e. The third-order valence-electron chi connectivity index (χ3n) is 1.64. The largest absolute Gasteiger partial charge is 0.507 e. The van der Waals surface area contributed by atoms with Crippen LogP contribution in [0.4, 0.5) is 0 Å². The minimum atomic E-state index is 0. The molecule has 56 valence electrons. The fourth-order valence-electron chi connectivity index (χ4n) is 1.17. The Balaban J connectivity index is 0.000001000. The Bertz CT molecular complexity index is 233. The minimum Gasteiger partial charge on any atom is -0.507 e. The summed E-state index contributed by atoms with van der Waals surface area (Å²) in [6.45, 7) is 5.85. The molecule has 0 atom stereocenters. The number of hydrogen-bond acceptors (Lipinski definition) is 1. The van der Waals surface area contributed by atoms with Gasteiger partial charge in [-0.05, 0) is 31.9 Å². The molecule has 0 saturated heterocycles. The van der Waals surface area contributed by atoms with Crippen LogP contribution in [0.5, 0.6) is 5.75 Å². The van der Waals surface area contributed by atoms with Crippen molar-refractivity contribution < 1.29 is 32.8 Å². The summed E-state index contributed by atoms with van der Waals surface area (Å²) in [4.78, 5) is 0. The average molecular weight is 337 g/mol. The summed E-state index contributed by atoms with van der Waals surface area (Å²) in [5.74, 6) is 0.422. The molecule has 0 amide bonds. The predicted octanol–water partition coefficient (Wildman–Crippen LogP) is 2.31. The van der Waals surface area contributed by atoms with Gasteiger partial charge in [0.05, 0.1) is 0 Å². The maximum atomic E-state index is 9.33. The summed E-state index contributed by atoms with van der Waals surface area (Å²) in [7, 11) is 0. The van der Waals surface area contributed by atoms with Crippen LogP contribution in [-0.4, -0.2) is 5.11 Å². The van der Waals surface area contributed by atoms with Crippen molar-refractivity contribution in [2.45, 2.75) is 20.8 Å². The van der Waals surface area contributed by atoms with Crippen LogP contribution in [0.3, 0.4) is 0 Å². The molecule has 0 heterocycles. The van der Waals surface area contributed by atoms with E-state index in [0.29, 0.717) is 5.75 Å². The number of phenols is 1.